The highest BCUT2D eigenvalue weighted by molar-refractivity contribution is 5.68. The fourth-order valence-electron chi connectivity index (χ4n) is 5.08. The third-order valence-electron chi connectivity index (χ3n) is 6.42. The van der Waals surface area contributed by atoms with Crippen molar-refractivity contribution < 1.29 is 28.2 Å². The molecule has 31 heavy (non-hydrogen) atoms. The minimum atomic E-state index is -0.851. The Morgan fingerprint density at radius 3 is 2.71 bits per heavy atom. The summed E-state index contributed by atoms with van der Waals surface area (Å²) in [7, 11) is 0. The summed E-state index contributed by atoms with van der Waals surface area (Å²) in [5.41, 5.74) is 1.16. The SMILES string of the molecule is CCCC1(c2ccc(OCc3cc(F)cc4c3OC(C)(C)C4)cc2F)CC1CC(=O)O. The molecule has 0 spiro atoms. The lowest BCUT2D eigenvalue weighted by atomic mass is 9.87. The zero-order valence-corrected chi connectivity index (χ0v) is 18.1. The van der Waals surface area contributed by atoms with Crippen molar-refractivity contribution in [2.75, 3.05) is 0 Å². The molecule has 4 nitrogen and oxygen atoms in total. The quantitative estimate of drug-likeness (QED) is 0.576. The fraction of sp³-hybridized carbons (Fsp3) is 0.480. The minimum Gasteiger partial charge on any atom is -0.489 e. The summed E-state index contributed by atoms with van der Waals surface area (Å²) in [6, 6.07) is 7.63. The van der Waals surface area contributed by atoms with Gasteiger partial charge >= 0.3 is 5.97 Å². The first kappa shape index (κ1) is 21.6. The second-order valence-electron chi connectivity index (χ2n) is 9.43. The average Bonchev–Trinajstić information content (AvgIpc) is 3.23. The molecule has 0 amide bonds. The Morgan fingerprint density at radius 2 is 2.03 bits per heavy atom. The second kappa shape index (κ2) is 7.81. The van der Waals surface area contributed by atoms with Crippen LogP contribution in [0.3, 0.4) is 0 Å². The highest BCUT2D eigenvalue weighted by atomic mass is 19.1. The molecule has 2 aliphatic rings. The monoisotopic (exact) mass is 430 g/mol. The summed E-state index contributed by atoms with van der Waals surface area (Å²) in [5, 5.41) is 9.13. The molecule has 2 atom stereocenters. The molecule has 1 heterocycles. The number of aliphatic carboxylic acids is 1. The van der Waals surface area contributed by atoms with Crippen molar-refractivity contribution in [3.05, 3.63) is 58.7 Å². The zero-order chi connectivity index (χ0) is 22.4. The maximum Gasteiger partial charge on any atom is 0.303 e. The first-order chi connectivity index (χ1) is 14.6. The van der Waals surface area contributed by atoms with Crippen molar-refractivity contribution >= 4 is 5.97 Å². The van der Waals surface area contributed by atoms with Crippen molar-refractivity contribution in [2.24, 2.45) is 5.92 Å². The normalized spacial score (nSPS) is 23.2. The van der Waals surface area contributed by atoms with E-state index in [1.807, 2.05) is 20.8 Å². The number of benzene rings is 2. The van der Waals surface area contributed by atoms with Crippen LogP contribution in [0.4, 0.5) is 8.78 Å². The van der Waals surface area contributed by atoms with Crippen molar-refractivity contribution in [2.45, 2.75) is 70.5 Å². The molecule has 166 valence electrons. The molecule has 1 aliphatic carbocycles. The van der Waals surface area contributed by atoms with Gasteiger partial charge in [0.15, 0.2) is 0 Å². The van der Waals surface area contributed by atoms with Crippen molar-refractivity contribution in [1.82, 2.24) is 0 Å². The lowest BCUT2D eigenvalue weighted by molar-refractivity contribution is -0.137. The van der Waals surface area contributed by atoms with E-state index in [4.69, 9.17) is 14.6 Å². The van der Waals surface area contributed by atoms with E-state index in [1.165, 1.54) is 18.2 Å². The van der Waals surface area contributed by atoms with E-state index in [-0.39, 0.29) is 30.6 Å². The van der Waals surface area contributed by atoms with E-state index in [0.29, 0.717) is 35.5 Å². The van der Waals surface area contributed by atoms with E-state index >= 15 is 4.39 Å². The largest absolute Gasteiger partial charge is 0.489 e. The maximum atomic E-state index is 15.0. The van der Waals surface area contributed by atoms with Crippen LogP contribution in [-0.2, 0) is 23.2 Å². The molecule has 1 fully saturated rings. The molecule has 2 aromatic carbocycles. The van der Waals surface area contributed by atoms with Gasteiger partial charge in [-0.2, -0.15) is 0 Å². The molecule has 0 radical (unpaired) electrons. The Morgan fingerprint density at radius 1 is 1.26 bits per heavy atom. The third-order valence-corrected chi connectivity index (χ3v) is 6.42. The molecular formula is C25H28F2O4. The molecule has 1 saturated carbocycles. The molecule has 4 rings (SSSR count). The predicted molar refractivity (Wildman–Crippen MR) is 112 cm³/mol. The van der Waals surface area contributed by atoms with Crippen LogP contribution in [0.2, 0.25) is 0 Å². The van der Waals surface area contributed by atoms with Crippen LogP contribution < -0.4 is 9.47 Å². The number of carbonyl (C=O) groups is 1. The molecule has 0 bridgehead atoms. The van der Waals surface area contributed by atoms with Crippen LogP contribution in [0, 0.1) is 17.6 Å². The van der Waals surface area contributed by atoms with Gasteiger partial charge in [0.1, 0.15) is 35.3 Å². The summed E-state index contributed by atoms with van der Waals surface area (Å²) in [6.07, 6.45) is 2.97. The molecule has 0 aromatic heterocycles. The number of carboxylic acid groups (broad SMARTS) is 1. The number of rotatable bonds is 8. The third kappa shape index (κ3) is 4.25. The van der Waals surface area contributed by atoms with E-state index < -0.39 is 17.0 Å². The molecule has 6 heteroatoms. The van der Waals surface area contributed by atoms with E-state index in [1.54, 1.807) is 12.1 Å². The fourth-order valence-corrected chi connectivity index (χ4v) is 5.08. The molecule has 1 aliphatic heterocycles. The van der Waals surface area contributed by atoms with Gasteiger partial charge in [-0.3, -0.25) is 4.79 Å². The van der Waals surface area contributed by atoms with Gasteiger partial charge in [-0.05, 0) is 56.4 Å². The topological polar surface area (TPSA) is 55.8 Å². The lowest BCUT2D eigenvalue weighted by Crippen LogP contribution is -2.25. The lowest BCUT2D eigenvalue weighted by Gasteiger charge is -2.19. The van der Waals surface area contributed by atoms with Gasteiger partial charge in [0.25, 0.3) is 0 Å². The van der Waals surface area contributed by atoms with Gasteiger partial charge < -0.3 is 14.6 Å². The molecule has 1 N–H and O–H groups in total. The number of hydrogen-bond donors (Lipinski definition) is 1. The van der Waals surface area contributed by atoms with E-state index in [9.17, 15) is 9.18 Å². The van der Waals surface area contributed by atoms with Gasteiger partial charge in [-0.15, -0.1) is 0 Å². The second-order valence-corrected chi connectivity index (χ2v) is 9.43. The minimum absolute atomic E-state index is 0.0402. The highest BCUT2D eigenvalue weighted by Crippen LogP contribution is 2.59. The number of halogens is 2. The van der Waals surface area contributed by atoms with Crippen LogP contribution >= 0.6 is 0 Å². The summed E-state index contributed by atoms with van der Waals surface area (Å²) in [4.78, 5) is 11.1. The Hall–Kier alpha value is -2.63. The molecular weight excluding hydrogens is 402 g/mol. The maximum absolute atomic E-state index is 15.0. The van der Waals surface area contributed by atoms with Crippen LogP contribution in [0.1, 0.15) is 63.1 Å². The summed E-state index contributed by atoms with van der Waals surface area (Å²) in [6.45, 7) is 5.99. The van der Waals surface area contributed by atoms with Crippen LogP contribution in [0.25, 0.3) is 0 Å². The first-order valence-corrected chi connectivity index (χ1v) is 10.8. The standard InChI is InChI=1S/C25H28F2O4/c1-4-7-25(13-17(25)10-22(28)29)20-6-5-19(11-21(20)27)30-14-16-9-18(26)8-15-12-24(2,3)31-23(15)16/h5-6,8-9,11,17H,4,7,10,12-14H2,1-3H3,(H,28,29). The van der Waals surface area contributed by atoms with Gasteiger partial charge in [0.2, 0.25) is 0 Å². The number of ether oxygens (including phenoxy) is 2. The van der Waals surface area contributed by atoms with E-state index in [0.717, 1.165) is 18.4 Å². The summed E-state index contributed by atoms with van der Waals surface area (Å²) < 4.78 is 40.8. The number of carboxylic acids is 1. The van der Waals surface area contributed by atoms with Crippen molar-refractivity contribution in [3.63, 3.8) is 0 Å². The Labute approximate surface area is 181 Å². The van der Waals surface area contributed by atoms with Gasteiger partial charge in [-0.25, -0.2) is 8.78 Å². The van der Waals surface area contributed by atoms with Crippen LogP contribution in [0.15, 0.2) is 30.3 Å². The van der Waals surface area contributed by atoms with Gasteiger partial charge in [0, 0.05) is 35.4 Å². The number of fused-ring (bicyclic) bond motifs is 1. The Balaban J connectivity index is 1.51. The van der Waals surface area contributed by atoms with E-state index in [2.05, 4.69) is 0 Å². The molecule has 0 saturated heterocycles. The average molecular weight is 430 g/mol. The van der Waals surface area contributed by atoms with Crippen molar-refractivity contribution in [1.29, 1.82) is 0 Å². The van der Waals surface area contributed by atoms with Crippen LogP contribution in [0.5, 0.6) is 11.5 Å². The Bertz CT molecular complexity index is 1020. The first-order valence-electron chi connectivity index (χ1n) is 10.8. The summed E-state index contributed by atoms with van der Waals surface area (Å²) in [5.74, 6) is -0.642. The van der Waals surface area contributed by atoms with Gasteiger partial charge in [0.05, 0.1) is 0 Å². The summed E-state index contributed by atoms with van der Waals surface area (Å²) >= 11 is 0. The predicted octanol–water partition coefficient (Wildman–Crippen LogP) is 5.79. The molecule has 2 aromatic rings. The smallest absolute Gasteiger partial charge is 0.303 e. The molecule has 2 unspecified atom stereocenters. The highest BCUT2D eigenvalue weighted by Gasteiger charge is 2.56. The Kier molecular flexibility index (Phi) is 5.44. The van der Waals surface area contributed by atoms with Crippen molar-refractivity contribution in [3.8, 4) is 11.5 Å². The zero-order valence-electron chi connectivity index (χ0n) is 18.1. The van der Waals surface area contributed by atoms with Gasteiger partial charge in [-0.1, -0.05) is 19.4 Å². The van der Waals surface area contributed by atoms with Crippen LogP contribution in [-0.4, -0.2) is 16.7 Å². The number of hydrogen-bond acceptors (Lipinski definition) is 3.